The van der Waals surface area contributed by atoms with E-state index in [1.807, 2.05) is 32.0 Å². The summed E-state index contributed by atoms with van der Waals surface area (Å²) in [4.78, 5) is 6.76. The predicted octanol–water partition coefficient (Wildman–Crippen LogP) is 1.32. The van der Waals surface area contributed by atoms with E-state index < -0.39 is 15.6 Å². The van der Waals surface area contributed by atoms with Gasteiger partial charge in [-0.15, -0.1) is 0 Å². The highest BCUT2D eigenvalue weighted by Gasteiger charge is 2.27. The minimum atomic E-state index is -3.29. The SMILES string of the molecule is CN=C(NCC(c1ccccc1OC)N1CCCC1)NCC(C)(C)NS(C)(=O)=O. The van der Waals surface area contributed by atoms with Crippen molar-refractivity contribution in [1.82, 2.24) is 20.3 Å². The number of aliphatic imine (C=N–C) groups is 1. The highest BCUT2D eigenvalue weighted by Crippen LogP contribution is 2.31. The van der Waals surface area contributed by atoms with Crippen molar-refractivity contribution in [2.75, 3.05) is 46.6 Å². The summed E-state index contributed by atoms with van der Waals surface area (Å²) in [7, 11) is 0.120. The Morgan fingerprint density at radius 1 is 1.24 bits per heavy atom. The maximum atomic E-state index is 11.5. The van der Waals surface area contributed by atoms with E-state index in [-0.39, 0.29) is 6.04 Å². The molecular formula is C20H35N5O3S. The minimum absolute atomic E-state index is 0.161. The van der Waals surface area contributed by atoms with E-state index in [1.54, 1.807) is 14.2 Å². The molecule has 0 aliphatic carbocycles. The summed E-state index contributed by atoms with van der Waals surface area (Å²) >= 11 is 0. The number of guanidine groups is 1. The Hall–Kier alpha value is -1.84. The van der Waals surface area contributed by atoms with E-state index in [0.29, 0.717) is 19.0 Å². The summed E-state index contributed by atoms with van der Waals surface area (Å²) in [5.74, 6) is 1.51. The second-order valence-corrected chi connectivity index (χ2v) is 9.81. The molecule has 29 heavy (non-hydrogen) atoms. The minimum Gasteiger partial charge on any atom is -0.496 e. The summed E-state index contributed by atoms with van der Waals surface area (Å²) in [6.07, 6.45) is 3.56. The fourth-order valence-electron chi connectivity index (χ4n) is 3.69. The topological polar surface area (TPSA) is 95.1 Å². The quantitative estimate of drug-likeness (QED) is 0.408. The molecule has 1 aromatic carbocycles. The van der Waals surface area contributed by atoms with Crippen LogP contribution in [0.4, 0.5) is 0 Å². The molecule has 1 atom stereocenters. The number of benzene rings is 1. The van der Waals surface area contributed by atoms with E-state index >= 15 is 0 Å². The van der Waals surface area contributed by atoms with Gasteiger partial charge in [-0.2, -0.15) is 0 Å². The Morgan fingerprint density at radius 2 is 1.90 bits per heavy atom. The van der Waals surface area contributed by atoms with Gasteiger partial charge in [-0.05, 0) is 45.8 Å². The lowest BCUT2D eigenvalue weighted by Gasteiger charge is -2.31. The van der Waals surface area contributed by atoms with Gasteiger partial charge in [0.1, 0.15) is 5.75 Å². The first-order valence-electron chi connectivity index (χ1n) is 9.95. The van der Waals surface area contributed by atoms with Crippen molar-refractivity contribution in [2.45, 2.75) is 38.3 Å². The molecule has 0 aromatic heterocycles. The number of para-hydroxylation sites is 1. The molecule has 0 bridgehead atoms. The van der Waals surface area contributed by atoms with Crippen LogP contribution in [-0.4, -0.2) is 71.4 Å². The van der Waals surface area contributed by atoms with Crippen molar-refractivity contribution >= 4 is 16.0 Å². The summed E-state index contributed by atoms with van der Waals surface area (Å²) in [5.41, 5.74) is 0.515. The highest BCUT2D eigenvalue weighted by molar-refractivity contribution is 7.88. The van der Waals surface area contributed by atoms with Crippen LogP contribution in [0.3, 0.4) is 0 Å². The maximum Gasteiger partial charge on any atom is 0.209 e. The van der Waals surface area contributed by atoms with Gasteiger partial charge >= 0.3 is 0 Å². The van der Waals surface area contributed by atoms with E-state index in [4.69, 9.17) is 4.74 Å². The molecule has 1 aromatic rings. The largest absolute Gasteiger partial charge is 0.496 e. The van der Waals surface area contributed by atoms with Crippen LogP contribution in [0.25, 0.3) is 0 Å². The van der Waals surface area contributed by atoms with Gasteiger partial charge < -0.3 is 15.4 Å². The fraction of sp³-hybridized carbons (Fsp3) is 0.650. The zero-order valence-corrected chi connectivity index (χ0v) is 19.0. The number of rotatable bonds is 9. The standard InChI is InChI=1S/C20H35N5O3S/c1-20(2,24-29(5,26)27)15-23-19(21-3)22-14-17(25-12-8-9-13-25)16-10-6-7-11-18(16)28-4/h6-7,10-11,17,24H,8-9,12-15H2,1-5H3,(H2,21,22,23). The van der Waals surface area contributed by atoms with Gasteiger partial charge in [-0.25, -0.2) is 13.1 Å². The Bertz CT molecular complexity index is 789. The lowest BCUT2D eigenvalue weighted by Crippen LogP contribution is -2.53. The van der Waals surface area contributed by atoms with Crippen molar-refractivity contribution in [2.24, 2.45) is 4.99 Å². The van der Waals surface area contributed by atoms with E-state index in [9.17, 15) is 8.42 Å². The molecule has 1 saturated heterocycles. The van der Waals surface area contributed by atoms with Crippen LogP contribution in [0.15, 0.2) is 29.3 Å². The van der Waals surface area contributed by atoms with Crippen molar-refractivity contribution in [3.63, 3.8) is 0 Å². The zero-order chi connectivity index (χ0) is 21.5. The van der Waals surface area contributed by atoms with Crippen molar-refractivity contribution in [3.8, 4) is 5.75 Å². The molecule has 1 unspecified atom stereocenters. The van der Waals surface area contributed by atoms with Crippen LogP contribution in [0, 0.1) is 0 Å². The van der Waals surface area contributed by atoms with Crippen LogP contribution in [0.2, 0.25) is 0 Å². The van der Waals surface area contributed by atoms with Gasteiger partial charge in [0.2, 0.25) is 10.0 Å². The molecule has 0 saturated carbocycles. The molecule has 2 rings (SSSR count). The third-order valence-corrected chi connectivity index (χ3v) is 5.85. The first kappa shape index (κ1) is 23.4. The molecule has 1 fully saturated rings. The van der Waals surface area contributed by atoms with Crippen LogP contribution >= 0.6 is 0 Å². The molecule has 1 aliphatic heterocycles. The molecule has 8 nitrogen and oxygen atoms in total. The number of hydrogen-bond acceptors (Lipinski definition) is 5. The van der Waals surface area contributed by atoms with Crippen molar-refractivity contribution < 1.29 is 13.2 Å². The lowest BCUT2D eigenvalue weighted by molar-refractivity contribution is 0.239. The van der Waals surface area contributed by atoms with Gasteiger partial charge in [0.25, 0.3) is 0 Å². The molecule has 0 radical (unpaired) electrons. The molecular weight excluding hydrogens is 390 g/mol. The molecule has 0 spiro atoms. The van der Waals surface area contributed by atoms with Gasteiger partial charge in [0, 0.05) is 31.2 Å². The first-order chi connectivity index (χ1) is 13.6. The van der Waals surface area contributed by atoms with Crippen molar-refractivity contribution in [3.05, 3.63) is 29.8 Å². The summed E-state index contributed by atoms with van der Waals surface area (Å²) in [6, 6.07) is 8.28. The van der Waals surface area contributed by atoms with Crippen LogP contribution in [-0.2, 0) is 10.0 Å². The number of methoxy groups -OCH3 is 1. The fourth-order valence-corrected chi connectivity index (χ4v) is 4.76. The second-order valence-electron chi connectivity index (χ2n) is 8.07. The second kappa shape index (κ2) is 10.3. The first-order valence-corrected chi connectivity index (χ1v) is 11.8. The third-order valence-electron chi connectivity index (χ3n) is 4.93. The Balaban J connectivity index is 2.05. The normalized spacial score (nSPS) is 17.2. The number of sulfonamides is 1. The van der Waals surface area contributed by atoms with Crippen LogP contribution in [0.5, 0.6) is 5.75 Å². The molecule has 1 heterocycles. The summed E-state index contributed by atoms with van der Waals surface area (Å²) < 4.78 is 31.3. The molecule has 1 aliphatic rings. The average Bonchev–Trinajstić information content (AvgIpc) is 3.17. The monoisotopic (exact) mass is 425 g/mol. The van der Waals surface area contributed by atoms with Crippen LogP contribution < -0.4 is 20.1 Å². The zero-order valence-electron chi connectivity index (χ0n) is 18.2. The van der Waals surface area contributed by atoms with E-state index in [2.05, 4.69) is 31.3 Å². The van der Waals surface area contributed by atoms with Crippen molar-refractivity contribution in [1.29, 1.82) is 0 Å². The summed E-state index contributed by atoms with van der Waals surface area (Å²) in [5, 5.41) is 6.62. The Kier molecular flexibility index (Phi) is 8.30. The van der Waals surface area contributed by atoms with Gasteiger partial charge in [0.05, 0.1) is 19.4 Å². The third kappa shape index (κ3) is 7.49. The molecule has 3 N–H and O–H groups in total. The molecule has 9 heteroatoms. The van der Waals surface area contributed by atoms with E-state index in [0.717, 1.165) is 30.7 Å². The van der Waals surface area contributed by atoms with Gasteiger partial charge in [-0.3, -0.25) is 9.89 Å². The Labute approximate surface area is 175 Å². The Morgan fingerprint density at radius 3 is 2.48 bits per heavy atom. The molecule has 164 valence electrons. The van der Waals surface area contributed by atoms with Gasteiger partial charge in [0.15, 0.2) is 5.96 Å². The predicted molar refractivity (Wildman–Crippen MR) is 118 cm³/mol. The highest BCUT2D eigenvalue weighted by atomic mass is 32.2. The molecule has 0 amide bonds. The number of hydrogen-bond donors (Lipinski definition) is 3. The number of nitrogens with zero attached hydrogens (tertiary/aromatic N) is 2. The number of likely N-dealkylation sites (tertiary alicyclic amines) is 1. The smallest absolute Gasteiger partial charge is 0.209 e. The lowest BCUT2D eigenvalue weighted by atomic mass is 10.0. The van der Waals surface area contributed by atoms with E-state index in [1.165, 1.54) is 12.8 Å². The summed E-state index contributed by atoms with van der Waals surface area (Å²) in [6.45, 7) is 6.85. The van der Waals surface area contributed by atoms with Crippen LogP contribution in [0.1, 0.15) is 38.3 Å². The number of ether oxygens (including phenoxy) is 1. The maximum absolute atomic E-state index is 11.5. The number of nitrogens with one attached hydrogen (secondary N) is 3. The van der Waals surface area contributed by atoms with Gasteiger partial charge in [-0.1, -0.05) is 18.2 Å². The average molecular weight is 426 g/mol.